The molecular formula is C17H17N11. The summed E-state index contributed by atoms with van der Waals surface area (Å²) in [5.74, 6) is 0.748. The molecule has 0 bridgehead atoms. The molecule has 6 N–H and O–H groups in total. The Morgan fingerprint density at radius 1 is 1.18 bits per heavy atom. The Labute approximate surface area is 160 Å². The molecule has 0 saturated carbocycles. The molecule has 0 fully saturated rings. The van der Waals surface area contributed by atoms with Gasteiger partial charge in [-0.1, -0.05) is 12.1 Å². The van der Waals surface area contributed by atoms with E-state index in [0.717, 1.165) is 11.4 Å². The third-order valence-corrected chi connectivity index (χ3v) is 3.52. The number of nitrogens with zero attached hydrogens (tertiary/aromatic N) is 6. The number of aromatic amines is 1. The molecule has 3 aromatic rings. The molecule has 2 aromatic heterocycles. The lowest BCUT2D eigenvalue weighted by Crippen LogP contribution is -2.21. The van der Waals surface area contributed by atoms with Gasteiger partial charge in [0.05, 0.1) is 5.69 Å². The third kappa shape index (κ3) is 4.25. The van der Waals surface area contributed by atoms with Gasteiger partial charge in [0, 0.05) is 17.0 Å². The maximum Gasteiger partial charge on any atom is 0.249 e. The van der Waals surface area contributed by atoms with E-state index in [4.69, 9.17) is 16.4 Å². The molecule has 11 heteroatoms. The number of hydrazone groups is 1. The first-order valence-corrected chi connectivity index (χ1v) is 8.15. The average molecular weight is 375 g/mol. The number of hydrogen-bond donors (Lipinski definition) is 5. The summed E-state index contributed by atoms with van der Waals surface area (Å²) in [5.41, 5.74) is 10.7. The second-order valence-electron chi connectivity index (χ2n) is 5.75. The third-order valence-electron chi connectivity index (χ3n) is 3.52. The molecule has 140 valence electrons. The number of aryl methyl sites for hydroxylation is 2. The van der Waals surface area contributed by atoms with Crippen LogP contribution in [0.15, 0.2) is 35.4 Å². The van der Waals surface area contributed by atoms with Gasteiger partial charge in [0.15, 0.2) is 11.7 Å². The molecule has 28 heavy (non-hydrogen) atoms. The number of rotatable bonds is 6. The van der Waals surface area contributed by atoms with Crippen LogP contribution in [0.5, 0.6) is 0 Å². The van der Waals surface area contributed by atoms with Crippen LogP contribution in [-0.4, -0.2) is 36.7 Å². The number of anilines is 3. The van der Waals surface area contributed by atoms with Gasteiger partial charge in [-0.3, -0.25) is 21.3 Å². The zero-order valence-corrected chi connectivity index (χ0v) is 15.1. The normalized spacial score (nSPS) is 11.0. The predicted molar refractivity (Wildman–Crippen MR) is 105 cm³/mol. The van der Waals surface area contributed by atoms with Crippen LogP contribution in [0.25, 0.3) is 11.4 Å². The number of nitriles is 1. The van der Waals surface area contributed by atoms with Crippen molar-refractivity contribution in [3.05, 3.63) is 41.7 Å². The van der Waals surface area contributed by atoms with Crippen LogP contribution in [0.2, 0.25) is 0 Å². The van der Waals surface area contributed by atoms with Crippen molar-refractivity contribution in [3.8, 4) is 17.5 Å². The summed E-state index contributed by atoms with van der Waals surface area (Å²) in [7, 11) is 0. The maximum absolute atomic E-state index is 8.95. The molecule has 0 aliphatic rings. The number of hydrogen-bond acceptors (Lipinski definition) is 9. The predicted octanol–water partition coefficient (Wildman–Crippen LogP) is 1.85. The molecule has 0 saturated heterocycles. The first kappa shape index (κ1) is 18.5. The molecule has 0 radical (unpaired) electrons. The monoisotopic (exact) mass is 375 g/mol. The van der Waals surface area contributed by atoms with Gasteiger partial charge in [0.2, 0.25) is 17.6 Å². The lowest BCUT2D eigenvalue weighted by molar-refractivity contribution is 1.04. The van der Waals surface area contributed by atoms with Crippen LogP contribution in [0.1, 0.15) is 11.4 Å². The second kappa shape index (κ2) is 7.92. The number of nitrogens with one attached hydrogen (secondary N) is 4. The van der Waals surface area contributed by atoms with Gasteiger partial charge < -0.3 is 5.73 Å². The quantitative estimate of drug-likeness (QED) is 0.246. The lowest BCUT2D eigenvalue weighted by atomic mass is 10.2. The van der Waals surface area contributed by atoms with E-state index >= 15 is 0 Å². The number of para-hydroxylation sites is 1. The minimum Gasteiger partial charge on any atom is -0.382 e. The van der Waals surface area contributed by atoms with Crippen LogP contribution in [-0.2, 0) is 0 Å². The van der Waals surface area contributed by atoms with Crippen molar-refractivity contribution in [2.24, 2.45) is 10.8 Å². The number of nitrogens with two attached hydrogens (primary N) is 1. The fraction of sp³-hybridized carbons (Fsp3) is 0.118. The second-order valence-corrected chi connectivity index (χ2v) is 5.75. The molecule has 1 aromatic carbocycles. The Hall–Kier alpha value is -4.33. The Kier molecular flexibility index (Phi) is 5.22. The fourth-order valence-corrected chi connectivity index (χ4v) is 2.37. The van der Waals surface area contributed by atoms with Crippen molar-refractivity contribution in [1.29, 1.82) is 10.7 Å². The van der Waals surface area contributed by atoms with Crippen molar-refractivity contribution in [2.75, 3.05) is 10.7 Å². The first-order chi connectivity index (χ1) is 13.5. The summed E-state index contributed by atoms with van der Waals surface area (Å²) in [5, 5.41) is 30.0. The Morgan fingerprint density at radius 3 is 2.57 bits per heavy atom. The van der Waals surface area contributed by atoms with E-state index in [-0.39, 0.29) is 5.71 Å². The summed E-state index contributed by atoms with van der Waals surface area (Å²) in [6.45, 7) is 3.75. The zero-order valence-electron chi connectivity index (χ0n) is 15.1. The fourth-order valence-electron chi connectivity index (χ4n) is 2.37. The number of benzene rings is 1. The van der Waals surface area contributed by atoms with Crippen LogP contribution >= 0.6 is 0 Å². The Balaban J connectivity index is 1.85. The molecule has 3 rings (SSSR count). The summed E-state index contributed by atoms with van der Waals surface area (Å²) in [4.78, 5) is 13.0. The van der Waals surface area contributed by atoms with Crippen molar-refractivity contribution in [1.82, 2.24) is 25.1 Å². The van der Waals surface area contributed by atoms with Gasteiger partial charge in [-0.15, -0.1) is 5.10 Å². The SMILES string of the molecule is Cc1cc(C)nc(Nc2n[nH]c(-c3ccccc3N/N=C(\C#N)C(=N)N)n2)n1. The minimum atomic E-state index is -0.424. The Bertz CT molecular complexity index is 1070. The lowest BCUT2D eigenvalue weighted by Gasteiger charge is -2.06. The topological polar surface area (TPSA) is 177 Å². The maximum atomic E-state index is 8.95. The van der Waals surface area contributed by atoms with Crippen molar-refractivity contribution < 1.29 is 0 Å². The summed E-state index contributed by atoms with van der Waals surface area (Å²) in [6, 6.07) is 10.8. The van der Waals surface area contributed by atoms with E-state index in [2.05, 4.69) is 41.0 Å². The van der Waals surface area contributed by atoms with Gasteiger partial charge in [-0.05, 0) is 32.0 Å². The van der Waals surface area contributed by atoms with E-state index in [9.17, 15) is 0 Å². The highest BCUT2D eigenvalue weighted by molar-refractivity contribution is 6.45. The smallest absolute Gasteiger partial charge is 0.249 e. The molecule has 2 heterocycles. The van der Waals surface area contributed by atoms with Crippen LogP contribution in [0, 0.1) is 30.6 Å². The molecule has 0 amide bonds. The van der Waals surface area contributed by atoms with Crippen LogP contribution in [0.4, 0.5) is 17.6 Å². The van der Waals surface area contributed by atoms with E-state index < -0.39 is 5.84 Å². The van der Waals surface area contributed by atoms with Gasteiger partial charge >= 0.3 is 0 Å². The number of aromatic nitrogens is 5. The molecule has 11 nitrogen and oxygen atoms in total. The molecule has 0 unspecified atom stereocenters. The molecule has 0 aliphatic carbocycles. The van der Waals surface area contributed by atoms with Gasteiger partial charge in [-0.25, -0.2) is 9.97 Å². The molecule has 0 spiro atoms. The highest BCUT2D eigenvalue weighted by atomic mass is 15.3. The van der Waals surface area contributed by atoms with Gasteiger partial charge in [0.1, 0.15) is 6.07 Å². The highest BCUT2D eigenvalue weighted by Gasteiger charge is 2.11. The molecular weight excluding hydrogens is 358 g/mol. The van der Waals surface area contributed by atoms with Crippen LogP contribution < -0.4 is 16.5 Å². The van der Waals surface area contributed by atoms with Gasteiger partial charge in [0.25, 0.3) is 0 Å². The van der Waals surface area contributed by atoms with Crippen molar-refractivity contribution in [2.45, 2.75) is 13.8 Å². The molecule has 0 atom stereocenters. The zero-order chi connectivity index (χ0) is 20.1. The highest BCUT2D eigenvalue weighted by Crippen LogP contribution is 2.26. The minimum absolute atomic E-state index is 0.221. The van der Waals surface area contributed by atoms with Crippen molar-refractivity contribution >= 4 is 29.1 Å². The molecule has 0 aliphatic heterocycles. The Morgan fingerprint density at radius 2 is 1.89 bits per heavy atom. The summed E-state index contributed by atoms with van der Waals surface area (Å²) >= 11 is 0. The van der Waals surface area contributed by atoms with E-state index in [1.807, 2.05) is 26.0 Å². The summed E-state index contributed by atoms with van der Waals surface area (Å²) in [6.07, 6.45) is 0. The van der Waals surface area contributed by atoms with Gasteiger partial charge in [-0.2, -0.15) is 15.3 Å². The van der Waals surface area contributed by atoms with Crippen LogP contribution in [0.3, 0.4) is 0 Å². The standard InChI is InChI=1S/C17H17N11/c1-9-7-10(2)22-16(21-9)24-17-23-15(27-28-17)11-5-3-4-6-12(11)25-26-13(8-18)14(19)20/h3-7,25H,1-2H3,(H3,19,20)(H2,21,22,23,24,27,28)/b26-13+. The largest absolute Gasteiger partial charge is 0.382 e. The van der Waals surface area contributed by atoms with E-state index in [1.165, 1.54) is 0 Å². The number of amidine groups is 1. The summed E-state index contributed by atoms with van der Waals surface area (Å²) < 4.78 is 0. The van der Waals surface area contributed by atoms with Crippen molar-refractivity contribution in [3.63, 3.8) is 0 Å². The number of H-pyrrole nitrogens is 1. The first-order valence-electron chi connectivity index (χ1n) is 8.15. The van der Waals surface area contributed by atoms with E-state index in [0.29, 0.717) is 29.0 Å². The average Bonchev–Trinajstić information content (AvgIpc) is 3.09. The van der Waals surface area contributed by atoms with E-state index in [1.54, 1.807) is 24.3 Å².